The average Bonchev–Trinajstić information content (AvgIpc) is 2.52. The number of nitrogens with zero attached hydrogens (tertiary/aromatic N) is 1. The molecule has 0 saturated heterocycles. The van der Waals surface area contributed by atoms with E-state index < -0.39 is 11.6 Å². The maximum Gasteiger partial charge on any atom is 0.272 e. The highest BCUT2D eigenvalue weighted by Crippen LogP contribution is 2.22. The molecular formula is C15H10ClF2N3O. The van der Waals surface area contributed by atoms with Crippen molar-refractivity contribution in [2.24, 2.45) is 0 Å². The smallest absolute Gasteiger partial charge is 0.272 e. The minimum absolute atomic E-state index is 0.101. The van der Waals surface area contributed by atoms with E-state index in [4.69, 9.17) is 11.6 Å². The van der Waals surface area contributed by atoms with Crippen LogP contribution in [0.2, 0.25) is 5.15 Å². The zero-order valence-electron chi connectivity index (χ0n) is 11.2. The lowest BCUT2D eigenvalue weighted by Crippen LogP contribution is -2.09. The fourth-order valence-electron chi connectivity index (χ4n) is 2.12. The van der Waals surface area contributed by atoms with Crippen LogP contribution in [0, 0.1) is 11.6 Å². The van der Waals surface area contributed by atoms with Crippen molar-refractivity contribution in [2.75, 3.05) is 5.32 Å². The SMILES string of the molecule is O=c1[nH]nc(Cl)c2cc(NCc3cc(F)ccc3F)ccc12. The van der Waals surface area contributed by atoms with E-state index in [9.17, 15) is 13.6 Å². The van der Waals surface area contributed by atoms with Gasteiger partial charge < -0.3 is 5.32 Å². The molecule has 112 valence electrons. The Labute approximate surface area is 128 Å². The van der Waals surface area contributed by atoms with Crippen molar-refractivity contribution >= 4 is 28.1 Å². The fraction of sp³-hybridized carbons (Fsp3) is 0.0667. The Kier molecular flexibility index (Phi) is 3.77. The lowest BCUT2D eigenvalue weighted by Gasteiger charge is -2.09. The van der Waals surface area contributed by atoms with Crippen molar-refractivity contribution in [3.05, 3.63) is 69.1 Å². The van der Waals surface area contributed by atoms with Crippen LogP contribution in [0.1, 0.15) is 5.56 Å². The third-order valence-corrected chi connectivity index (χ3v) is 3.52. The van der Waals surface area contributed by atoms with E-state index in [0.717, 1.165) is 18.2 Å². The van der Waals surface area contributed by atoms with Crippen molar-refractivity contribution in [3.8, 4) is 0 Å². The standard InChI is InChI=1S/C15H10ClF2N3O/c16-14-12-6-10(2-3-11(12)15(22)21-20-14)19-7-8-5-9(17)1-4-13(8)18/h1-6,19H,7H2,(H,21,22). The van der Waals surface area contributed by atoms with Crippen LogP contribution in [-0.2, 0) is 6.54 Å². The van der Waals surface area contributed by atoms with Gasteiger partial charge in [-0.05, 0) is 36.4 Å². The summed E-state index contributed by atoms with van der Waals surface area (Å²) < 4.78 is 26.7. The van der Waals surface area contributed by atoms with Gasteiger partial charge in [-0.3, -0.25) is 4.79 Å². The Hall–Kier alpha value is -2.47. The number of aromatic nitrogens is 2. The minimum Gasteiger partial charge on any atom is -0.381 e. The predicted octanol–water partition coefficient (Wildman–Crippen LogP) is 3.47. The summed E-state index contributed by atoms with van der Waals surface area (Å²) >= 11 is 5.95. The molecule has 0 bridgehead atoms. The van der Waals surface area contributed by atoms with Crippen molar-refractivity contribution in [2.45, 2.75) is 6.54 Å². The van der Waals surface area contributed by atoms with Crippen LogP contribution in [0.15, 0.2) is 41.2 Å². The van der Waals surface area contributed by atoms with Gasteiger partial charge in [0.25, 0.3) is 5.56 Å². The first-order chi connectivity index (χ1) is 10.5. The monoisotopic (exact) mass is 321 g/mol. The summed E-state index contributed by atoms with van der Waals surface area (Å²) in [6, 6.07) is 8.15. The predicted molar refractivity (Wildman–Crippen MR) is 81.1 cm³/mol. The van der Waals surface area contributed by atoms with E-state index in [1.54, 1.807) is 18.2 Å². The molecule has 3 rings (SSSR count). The highest BCUT2D eigenvalue weighted by Gasteiger charge is 2.07. The van der Waals surface area contributed by atoms with Gasteiger partial charge in [-0.15, -0.1) is 0 Å². The molecule has 0 unspecified atom stereocenters. The Morgan fingerprint density at radius 1 is 1.14 bits per heavy atom. The van der Waals surface area contributed by atoms with Gasteiger partial charge >= 0.3 is 0 Å². The molecule has 0 amide bonds. The molecule has 0 saturated carbocycles. The highest BCUT2D eigenvalue weighted by molar-refractivity contribution is 6.34. The van der Waals surface area contributed by atoms with E-state index in [2.05, 4.69) is 15.5 Å². The number of halogens is 3. The summed E-state index contributed by atoms with van der Waals surface area (Å²) in [5, 5.41) is 9.98. The first-order valence-electron chi connectivity index (χ1n) is 6.40. The summed E-state index contributed by atoms with van der Waals surface area (Å²) in [5.41, 5.74) is 0.475. The fourth-order valence-corrected chi connectivity index (χ4v) is 2.32. The molecule has 0 atom stereocenters. The number of H-pyrrole nitrogens is 1. The first-order valence-corrected chi connectivity index (χ1v) is 6.78. The normalized spacial score (nSPS) is 10.9. The van der Waals surface area contributed by atoms with Gasteiger partial charge in [0.05, 0.1) is 5.39 Å². The van der Waals surface area contributed by atoms with Crippen LogP contribution in [0.3, 0.4) is 0 Å². The zero-order valence-corrected chi connectivity index (χ0v) is 11.9. The van der Waals surface area contributed by atoms with Crippen molar-refractivity contribution in [1.82, 2.24) is 10.2 Å². The quantitative estimate of drug-likeness (QED) is 0.776. The molecule has 0 aliphatic rings. The molecule has 4 nitrogen and oxygen atoms in total. The Morgan fingerprint density at radius 3 is 2.77 bits per heavy atom. The number of aromatic amines is 1. The molecule has 3 aromatic rings. The number of rotatable bonds is 3. The second-order valence-electron chi connectivity index (χ2n) is 4.69. The first kappa shape index (κ1) is 14.5. The van der Waals surface area contributed by atoms with E-state index in [1.165, 1.54) is 0 Å². The van der Waals surface area contributed by atoms with Crippen molar-refractivity contribution in [3.63, 3.8) is 0 Å². The molecular weight excluding hydrogens is 312 g/mol. The number of hydrogen-bond acceptors (Lipinski definition) is 3. The summed E-state index contributed by atoms with van der Waals surface area (Å²) in [6.45, 7) is 0.101. The molecule has 0 radical (unpaired) electrons. The van der Waals surface area contributed by atoms with Gasteiger partial charge in [-0.25, -0.2) is 13.9 Å². The third kappa shape index (κ3) is 2.78. The van der Waals surface area contributed by atoms with Gasteiger partial charge in [-0.2, -0.15) is 5.10 Å². The maximum atomic E-state index is 13.6. The van der Waals surface area contributed by atoms with Crippen LogP contribution >= 0.6 is 11.6 Å². The second-order valence-corrected chi connectivity index (χ2v) is 5.05. The Bertz CT molecular complexity index is 911. The molecule has 1 heterocycles. The number of anilines is 1. The third-order valence-electron chi connectivity index (χ3n) is 3.23. The van der Waals surface area contributed by atoms with Crippen LogP contribution in [0.25, 0.3) is 10.8 Å². The van der Waals surface area contributed by atoms with Gasteiger partial charge in [0.1, 0.15) is 11.6 Å². The van der Waals surface area contributed by atoms with Crippen LogP contribution < -0.4 is 10.9 Å². The molecule has 2 aromatic carbocycles. The number of fused-ring (bicyclic) bond motifs is 1. The number of benzene rings is 2. The van der Waals surface area contributed by atoms with Crippen molar-refractivity contribution < 1.29 is 8.78 Å². The molecule has 7 heteroatoms. The summed E-state index contributed by atoms with van der Waals surface area (Å²) in [6.07, 6.45) is 0. The van der Waals surface area contributed by atoms with E-state index >= 15 is 0 Å². The average molecular weight is 322 g/mol. The minimum atomic E-state index is -0.504. The number of hydrogen-bond donors (Lipinski definition) is 2. The van der Waals surface area contributed by atoms with Gasteiger partial charge in [0.15, 0.2) is 5.15 Å². The lowest BCUT2D eigenvalue weighted by atomic mass is 10.1. The number of nitrogens with one attached hydrogen (secondary N) is 2. The van der Waals surface area contributed by atoms with Crippen LogP contribution in [0.4, 0.5) is 14.5 Å². The molecule has 1 aromatic heterocycles. The van der Waals surface area contributed by atoms with Crippen molar-refractivity contribution in [1.29, 1.82) is 0 Å². The Balaban J connectivity index is 1.90. The summed E-state index contributed by atoms with van der Waals surface area (Å²) in [4.78, 5) is 11.6. The van der Waals surface area contributed by atoms with E-state index in [0.29, 0.717) is 16.5 Å². The maximum absolute atomic E-state index is 13.6. The van der Waals surface area contributed by atoms with Crippen LogP contribution in [0.5, 0.6) is 0 Å². The summed E-state index contributed by atoms with van der Waals surface area (Å²) in [5.74, 6) is -0.999. The van der Waals surface area contributed by atoms with Gasteiger partial charge in [-0.1, -0.05) is 11.6 Å². The zero-order chi connectivity index (χ0) is 15.7. The van der Waals surface area contributed by atoms with Gasteiger partial charge in [0, 0.05) is 23.2 Å². The van der Waals surface area contributed by atoms with E-state index in [1.807, 2.05) is 0 Å². The largest absolute Gasteiger partial charge is 0.381 e. The second kappa shape index (κ2) is 5.73. The molecule has 0 aliphatic heterocycles. The molecule has 22 heavy (non-hydrogen) atoms. The Morgan fingerprint density at radius 2 is 1.95 bits per heavy atom. The molecule has 0 aliphatic carbocycles. The van der Waals surface area contributed by atoms with Crippen LogP contribution in [-0.4, -0.2) is 10.2 Å². The van der Waals surface area contributed by atoms with Gasteiger partial charge in [0.2, 0.25) is 0 Å². The van der Waals surface area contributed by atoms with E-state index in [-0.39, 0.29) is 22.8 Å². The molecule has 0 fully saturated rings. The molecule has 2 N–H and O–H groups in total. The molecule has 0 spiro atoms. The lowest BCUT2D eigenvalue weighted by molar-refractivity contribution is 0.587. The topological polar surface area (TPSA) is 57.8 Å². The summed E-state index contributed by atoms with van der Waals surface area (Å²) in [7, 11) is 0. The highest BCUT2D eigenvalue weighted by atomic mass is 35.5.